The van der Waals surface area contributed by atoms with Gasteiger partial charge in [-0.3, -0.25) is 4.98 Å². The third kappa shape index (κ3) is 3.76. The largest absolute Gasteiger partial charge is 0.386 e. The Morgan fingerprint density at radius 2 is 1.55 bits per heavy atom. The van der Waals surface area contributed by atoms with Crippen LogP contribution in [0.2, 0.25) is 0 Å². The zero-order valence-corrected chi connectivity index (χ0v) is 16.3. The van der Waals surface area contributed by atoms with Gasteiger partial charge in [-0.25, -0.2) is 9.56 Å². The van der Waals surface area contributed by atoms with Crippen molar-refractivity contribution in [3.8, 4) is 0 Å². The normalized spacial score (nSPS) is 18.0. The topological polar surface area (TPSA) is 49.0 Å². The van der Waals surface area contributed by atoms with E-state index < -0.39 is 6.10 Å². The van der Waals surface area contributed by atoms with Crippen LogP contribution >= 0.6 is 0 Å². The average Bonchev–Trinajstić information content (AvgIpc) is 2.78. The van der Waals surface area contributed by atoms with Crippen LogP contribution in [0.1, 0.15) is 30.3 Å². The van der Waals surface area contributed by atoms with Crippen LogP contribution < -0.4 is 0 Å². The lowest BCUT2D eigenvalue weighted by Gasteiger charge is -2.21. The highest BCUT2D eigenvalue weighted by molar-refractivity contribution is 5.79. The third-order valence-electron chi connectivity index (χ3n) is 5.73. The van der Waals surface area contributed by atoms with Gasteiger partial charge < -0.3 is 5.11 Å². The van der Waals surface area contributed by atoms with Crippen molar-refractivity contribution in [3.05, 3.63) is 84.2 Å². The van der Waals surface area contributed by atoms with Gasteiger partial charge in [-0.05, 0) is 30.7 Å². The minimum absolute atomic E-state index is 0.0675. The summed E-state index contributed by atoms with van der Waals surface area (Å²) >= 11 is 0. The molecule has 5 rings (SSSR count). The highest BCUT2D eigenvalue weighted by Gasteiger charge is 2.28. The minimum atomic E-state index is -0.591. The van der Waals surface area contributed by atoms with Gasteiger partial charge in [0, 0.05) is 17.2 Å². The summed E-state index contributed by atoms with van der Waals surface area (Å²) in [6, 6.07) is 24.4. The van der Waals surface area contributed by atoms with E-state index in [0.717, 1.165) is 59.1 Å². The summed E-state index contributed by atoms with van der Waals surface area (Å²) in [7, 11) is 0. The Morgan fingerprint density at radius 3 is 2.34 bits per heavy atom. The molecule has 1 aliphatic rings. The number of pyridine rings is 2. The zero-order chi connectivity index (χ0) is 19.6. The lowest BCUT2D eigenvalue weighted by Crippen LogP contribution is -2.29. The second kappa shape index (κ2) is 7.72. The molecule has 0 amide bonds. The Morgan fingerprint density at radius 1 is 0.862 bits per heavy atom. The minimum Gasteiger partial charge on any atom is -0.386 e. The zero-order valence-electron chi connectivity index (χ0n) is 16.3. The van der Waals surface area contributed by atoms with Crippen molar-refractivity contribution in [2.45, 2.75) is 25.5 Å². The number of nitrogens with zero attached hydrogens (tertiary/aromatic N) is 3. The Kier molecular flexibility index (Phi) is 4.78. The van der Waals surface area contributed by atoms with Crippen molar-refractivity contribution in [3.63, 3.8) is 0 Å². The molecule has 0 spiro atoms. The fourth-order valence-corrected chi connectivity index (χ4v) is 4.19. The Balaban J connectivity index is 1.38. The molecule has 0 aliphatic carbocycles. The molecule has 0 saturated carbocycles. The van der Waals surface area contributed by atoms with Gasteiger partial charge in [0.05, 0.1) is 22.6 Å². The molecule has 29 heavy (non-hydrogen) atoms. The van der Waals surface area contributed by atoms with E-state index in [1.807, 2.05) is 48.5 Å². The Bertz CT molecular complexity index is 1200. The number of rotatable bonds is 4. The van der Waals surface area contributed by atoms with Crippen molar-refractivity contribution in [2.75, 3.05) is 6.54 Å². The van der Waals surface area contributed by atoms with E-state index in [0.29, 0.717) is 0 Å². The average molecular weight is 382 g/mol. The maximum atomic E-state index is 11.0. The first kappa shape index (κ1) is 18.0. The molecule has 144 valence electrons. The van der Waals surface area contributed by atoms with Crippen molar-refractivity contribution in [1.29, 1.82) is 0 Å². The van der Waals surface area contributed by atoms with Crippen molar-refractivity contribution in [2.24, 2.45) is 5.92 Å². The predicted octanol–water partition coefficient (Wildman–Crippen LogP) is 4.51. The molecule has 2 aromatic carbocycles. The molecule has 2 aromatic heterocycles. The fraction of sp³-hybridized carbons (Fsp3) is 0.240. The number of aliphatic hydroxyl groups excluding tert-OH is 1. The van der Waals surface area contributed by atoms with Crippen LogP contribution in [-0.4, -0.2) is 32.4 Å². The molecular formula is C25H24N3O+. The van der Waals surface area contributed by atoms with Gasteiger partial charge in [0.15, 0.2) is 6.54 Å². The molecule has 0 saturated heterocycles. The van der Waals surface area contributed by atoms with Crippen molar-refractivity contribution in [1.82, 2.24) is 9.97 Å². The van der Waals surface area contributed by atoms with E-state index in [2.05, 4.69) is 35.1 Å². The number of para-hydroxylation sites is 2. The Labute approximate surface area is 170 Å². The quantitative estimate of drug-likeness (QED) is 0.528. The molecule has 1 N–H and O–H groups in total. The van der Waals surface area contributed by atoms with Gasteiger partial charge in [0.2, 0.25) is 0 Å². The van der Waals surface area contributed by atoms with E-state index in [1.165, 1.54) is 0 Å². The third-order valence-corrected chi connectivity index (χ3v) is 5.73. The number of fused-ring (bicyclic) bond motifs is 2. The second-order valence-electron chi connectivity index (χ2n) is 7.79. The summed E-state index contributed by atoms with van der Waals surface area (Å²) in [4.78, 5) is 9.49. The smallest absolute Gasteiger partial charge is 0.184 e. The summed E-state index contributed by atoms with van der Waals surface area (Å²) in [6.07, 6.45) is 3.62. The van der Waals surface area contributed by atoms with E-state index in [4.69, 9.17) is 9.97 Å². The van der Waals surface area contributed by atoms with Gasteiger partial charge >= 0.3 is 0 Å². The Hall–Kier alpha value is -3.11. The van der Waals surface area contributed by atoms with Gasteiger partial charge in [-0.15, -0.1) is 0 Å². The fourth-order valence-electron chi connectivity index (χ4n) is 4.19. The molecule has 4 aromatic rings. The van der Waals surface area contributed by atoms with Gasteiger partial charge in [-0.2, -0.15) is 0 Å². The maximum Gasteiger partial charge on any atom is 0.184 e. The molecule has 4 nitrogen and oxygen atoms in total. The van der Waals surface area contributed by atoms with Gasteiger partial charge in [0.25, 0.3) is 0 Å². The van der Waals surface area contributed by atoms with Crippen LogP contribution in [0, 0.1) is 5.92 Å². The number of aliphatic hydroxyl groups is 1. The molecule has 3 heterocycles. The molecule has 0 radical (unpaired) electrons. The molecule has 2 atom stereocenters. The number of aromatic nitrogens is 2. The van der Waals surface area contributed by atoms with Gasteiger partial charge in [0.1, 0.15) is 24.6 Å². The van der Waals surface area contributed by atoms with E-state index in [1.54, 1.807) is 0 Å². The lowest BCUT2D eigenvalue weighted by molar-refractivity contribution is -0.547. The highest BCUT2D eigenvalue weighted by atomic mass is 16.3. The SMILES string of the molecule is OC(c1ccc2ccccc2n1)C1C=[N+](Cc2ccc3ccccc3n2)CCC1. The van der Waals surface area contributed by atoms with Crippen LogP contribution in [0.25, 0.3) is 21.8 Å². The van der Waals surface area contributed by atoms with Gasteiger partial charge in [-0.1, -0.05) is 48.5 Å². The molecule has 0 fully saturated rings. The molecule has 1 aliphatic heterocycles. The highest BCUT2D eigenvalue weighted by Crippen LogP contribution is 2.27. The van der Waals surface area contributed by atoms with Crippen molar-refractivity contribution < 1.29 is 9.68 Å². The molecule has 4 heteroatoms. The van der Waals surface area contributed by atoms with Crippen LogP contribution in [-0.2, 0) is 6.54 Å². The summed E-state index contributed by atoms with van der Waals surface area (Å²) in [5.41, 5.74) is 3.76. The summed E-state index contributed by atoms with van der Waals surface area (Å²) in [6.45, 7) is 1.75. The summed E-state index contributed by atoms with van der Waals surface area (Å²) in [5, 5.41) is 13.3. The number of hydrogen-bond acceptors (Lipinski definition) is 3. The van der Waals surface area contributed by atoms with E-state index in [-0.39, 0.29) is 5.92 Å². The molecule has 0 bridgehead atoms. The van der Waals surface area contributed by atoms with Crippen LogP contribution in [0.4, 0.5) is 0 Å². The predicted molar refractivity (Wildman–Crippen MR) is 116 cm³/mol. The van der Waals surface area contributed by atoms with Crippen LogP contribution in [0.3, 0.4) is 0 Å². The number of benzene rings is 2. The number of hydrogen-bond donors (Lipinski definition) is 1. The second-order valence-corrected chi connectivity index (χ2v) is 7.79. The summed E-state index contributed by atoms with van der Waals surface area (Å²) < 4.78 is 2.29. The first-order chi connectivity index (χ1) is 14.3. The van der Waals surface area contributed by atoms with Crippen LogP contribution in [0.5, 0.6) is 0 Å². The molecular weight excluding hydrogens is 358 g/mol. The lowest BCUT2D eigenvalue weighted by atomic mass is 9.92. The van der Waals surface area contributed by atoms with Crippen molar-refractivity contribution >= 4 is 28.0 Å². The van der Waals surface area contributed by atoms with E-state index >= 15 is 0 Å². The molecule has 2 unspecified atom stereocenters. The standard InChI is InChI=1S/C25H24N3O/c29-25(24-14-12-19-7-2-4-10-23(19)27-24)20-8-5-15-28(16-20)17-21-13-11-18-6-1-3-9-22(18)26-21/h1-4,6-7,9-14,16,20,25,29H,5,8,15,17H2/q+1. The van der Waals surface area contributed by atoms with Crippen LogP contribution in [0.15, 0.2) is 72.8 Å². The van der Waals surface area contributed by atoms with E-state index in [9.17, 15) is 5.11 Å². The first-order valence-electron chi connectivity index (χ1n) is 10.2. The maximum absolute atomic E-state index is 11.0. The summed E-state index contributed by atoms with van der Waals surface area (Å²) in [5.74, 6) is 0.0675. The first-order valence-corrected chi connectivity index (χ1v) is 10.2. The monoisotopic (exact) mass is 382 g/mol.